The fourth-order valence-corrected chi connectivity index (χ4v) is 1.92. The third kappa shape index (κ3) is 4.98. The molecule has 0 unspecified atom stereocenters. The van der Waals surface area contributed by atoms with Crippen LogP contribution >= 0.6 is 0 Å². The van der Waals surface area contributed by atoms with Crippen molar-refractivity contribution in [3.05, 3.63) is 23.8 Å². The molecule has 1 rings (SSSR count). The second-order valence-corrected chi connectivity index (χ2v) is 4.53. The fraction of sp³-hybridized carbons (Fsp3) is 0.467. The van der Waals surface area contributed by atoms with Crippen molar-refractivity contribution >= 4 is 17.6 Å². The van der Waals surface area contributed by atoms with Crippen LogP contribution in [0.4, 0.5) is 5.69 Å². The van der Waals surface area contributed by atoms with E-state index in [4.69, 9.17) is 10.5 Å². The Morgan fingerprint density at radius 2 is 1.95 bits per heavy atom. The normalized spacial score (nSPS) is 10.0. The lowest BCUT2D eigenvalue weighted by Gasteiger charge is -2.21. The van der Waals surface area contributed by atoms with Crippen LogP contribution in [-0.4, -0.2) is 43.6 Å². The number of nitrogen functional groups attached to an aromatic ring is 1. The first-order valence-corrected chi connectivity index (χ1v) is 6.91. The molecule has 21 heavy (non-hydrogen) atoms. The van der Waals surface area contributed by atoms with Crippen molar-refractivity contribution in [1.29, 1.82) is 0 Å². The molecule has 0 saturated carbocycles. The summed E-state index contributed by atoms with van der Waals surface area (Å²) in [7, 11) is 1.30. The van der Waals surface area contributed by atoms with Gasteiger partial charge in [0.25, 0.3) is 5.91 Å². The zero-order valence-corrected chi connectivity index (χ0v) is 12.7. The summed E-state index contributed by atoms with van der Waals surface area (Å²) in [5.74, 6) is -0.184. The first kappa shape index (κ1) is 16.8. The molecule has 0 bridgehead atoms. The number of ether oxygens (including phenoxy) is 2. The van der Waals surface area contributed by atoms with Crippen molar-refractivity contribution in [2.75, 3.05) is 32.5 Å². The van der Waals surface area contributed by atoms with Gasteiger partial charge in [-0.1, -0.05) is 6.92 Å². The largest absolute Gasteiger partial charge is 0.494 e. The van der Waals surface area contributed by atoms with Gasteiger partial charge in [0.05, 0.1) is 13.7 Å². The number of anilines is 1. The second kappa shape index (κ2) is 8.14. The molecular formula is C15H22N2O4. The van der Waals surface area contributed by atoms with Crippen LogP contribution < -0.4 is 10.5 Å². The molecule has 0 aliphatic rings. The molecule has 0 saturated heterocycles. The zero-order chi connectivity index (χ0) is 15.8. The van der Waals surface area contributed by atoms with E-state index in [2.05, 4.69) is 4.74 Å². The summed E-state index contributed by atoms with van der Waals surface area (Å²) in [6.45, 7) is 4.65. The maximum Gasteiger partial charge on any atom is 0.325 e. The molecule has 0 radical (unpaired) electrons. The number of carbonyl (C=O) groups is 2. The summed E-state index contributed by atoms with van der Waals surface area (Å²) in [5, 5.41) is 0. The second-order valence-electron chi connectivity index (χ2n) is 4.53. The molecule has 0 heterocycles. The first-order valence-electron chi connectivity index (χ1n) is 6.91. The molecule has 6 nitrogen and oxygen atoms in total. The van der Waals surface area contributed by atoms with E-state index in [9.17, 15) is 9.59 Å². The number of esters is 1. The Morgan fingerprint density at radius 1 is 1.24 bits per heavy atom. The van der Waals surface area contributed by atoms with Gasteiger partial charge in [0.2, 0.25) is 0 Å². The molecule has 0 fully saturated rings. The van der Waals surface area contributed by atoms with Gasteiger partial charge < -0.3 is 20.1 Å². The van der Waals surface area contributed by atoms with Crippen LogP contribution in [-0.2, 0) is 9.53 Å². The maximum atomic E-state index is 12.5. The highest BCUT2D eigenvalue weighted by atomic mass is 16.5. The lowest BCUT2D eigenvalue weighted by molar-refractivity contribution is -0.141. The minimum atomic E-state index is -0.453. The number of rotatable bonds is 7. The molecule has 0 aliphatic heterocycles. The van der Waals surface area contributed by atoms with Gasteiger partial charge in [0.15, 0.2) is 0 Å². The summed E-state index contributed by atoms with van der Waals surface area (Å²) in [4.78, 5) is 25.3. The maximum absolute atomic E-state index is 12.5. The van der Waals surface area contributed by atoms with Gasteiger partial charge in [-0.2, -0.15) is 0 Å². The van der Waals surface area contributed by atoms with Gasteiger partial charge in [-0.25, -0.2) is 0 Å². The van der Waals surface area contributed by atoms with E-state index in [1.54, 1.807) is 18.2 Å². The SMILES string of the molecule is CCCN(CC(=O)OC)C(=O)c1cc(N)cc(OCC)c1. The van der Waals surface area contributed by atoms with E-state index in [-0.39, 0.29) is 12.5 Å². The van der Waals surface area contributed by atoms with Crippen LogP contribution in [0.1, 0.15) is 30.6 Å². The summed E-state index contributed by atoms with van der Waals surface area (Å²) in [5.41, 5.74) is 6.63. The molecular weight excluding hydrogens is 272 g/mol. The monoisotopic (exact) mass is 294 g/mol. The Labute approximate surface area is 124 Å². The van der Waals surface area contributed by atoms with Gasteiger partial charge >= 0.3 is 5.97 Å². The van der Waals surface area contributed by atoms with Crippen LogP contribution in [0.25, 0.3) is 0 Å². The number of nitrogens with zero attached hydrogens (tertiary/aromatic N) is 1. The van der Waals surface area contributed by atoms with Crippen LogP contribution in [0.2, 0.25) is 0 Å². The molecule has 0 aliphatic carbocycles. The Hall–Kier alpha value is -2.24. The zero-order valence-electron chi connectivity index (χ0n) is 12.7. The van der Waals surface area contributed by atoms with Gasteiger partial charge in [-0.05, 0) is 25.5 Å². The third-order valence-electron chi connectivity index (χ3n) is 2.82. The number of benzene rings is 1. The van der Waals surface area contributed by atoms with Crippen LogP contribution in [0.5, 0.6) is 5.75 Å². The summed E-state index contributed by atoms with van der Waals surface area (Å²) in [6.07, 6.45) is 0.739. The van der Waals surface area contributed by atoms with Crippen LogP contribution in [0, 0.1) is 0 Å². The van der Waals surface area contributed by atoms with Crippen molar-refractivity contribution in [1.82, 2.24) is 4.90 Å². The minimum Gasteiger partial charge on any atom is -0.494 e. The van der Waals surface area contributed by atoms with E-state index >= 15 is 0 Å². The number of hydrogen-bond acceptors (Lipinski definition) is 5. The van der Waals surface area contributed by atoms with Crippen molar-refractivity contribution in [2.45, 2.75) is 20.3 Å². The van der Waals surface area contributed by atoms with Gasteiger partial charge in [0, 0.05) is 23.9 Å². The van der Waals surface area contributed by atoms with E-state index in [0.717, 1.165) is 6.42 Å². The summed E-state index contributed by atoms with van der Waals surface area (Å²) >= 11 is 0. The quantitative estimate of drug-likeness (QED) is 0.611. The Morgan fingerprint density at radius 3 is 2.52 bits per heavy atom. The highest BCUT2D eigenvalue weighted by molar-refractivity contribution is 5.97. The highest BCUT2D eigenvalue weighted by Crippen LogP contribution is 2.20. The molecule has 0 spiro atoms. The van der Waals surface area contributed by atoms with Crippen molar-refractivity contribution < 1.29 is 19.1 Å². The lowest BCUT2D eigenvalue weighted by Crippen LogP contribution is -2.36. The average Bonchev–Trinajstić information content (AvgIpc) is 2.45. The molecule has 0 aromatic heterocycles. The molecule has 1 aromatic rings. The summed E-state index contributed by atoms with van der Waals surface area (Å²) < 4.78 is 9.99. The van der Waals surface area contributed by atoms with E-state index < -0.39 is 5.97 Å². The molecule has 116 valence electrons. The number of carbonyl (C=O) groups excluding carboxylic acids is 2. The van der Waals surface area contributed by atoms with Crippen molar-refractivity contribution in [3.8, 4) is 5.75 Å². The number of hydrogen-bond donors (Lipinski definition) is 1. The fourth-order valence-electron chi connectivity index (χ4n) is 1.92. The third-order valence-corrected chi connectivity index (χ3v) is 2.82. The minimum absolute atomic E-state index is 0.0814. The summed E-state index contributed by atoms with van der Waals surface area (Å²) in [6, 6.07) is 4.86. The Kier molecular flexibility index (Phi) is 6.52. The van der Waals surface area contributed by atoms with Gasteiger partial charge in [-0.15, -0.1) is 0 Å². The average molecular weight is 294 g/mol. The molecule has 2 N–H and O–H groups in total. The van der Waals surface area contributed by atoms with E-state index in [0.29, 0.717) is 30.2 Å². The van der Waals surface area contributed by atoms with E-state index in [1.807, 2.05) is 13.8 Å². The predicted octanol–water partition coefficient (Wildman–Crippen LogP) is 1.69. The Balaban J connectivity index is 2.99. The molecule has 1 aromatic carbocycles. The first-order chi connectivity index (χ1) is 10.0. The van der Waals surface area contributed by atoms with Crippen LogP contribution in [0.15, 0.2) is 18.2 Å². The number of nitrogens with two attached hydrogens (primary N) is 1. The van der Waals surface area contributed by atoms with Crippen molar-refractivity contribution in [2.24, 2.45) is 0 Å². The van der Waals surface area contributed by atoms with Gasteiger partial charge in [0.1, 0.15) is 12.3 Å². The van der Waals surface area contributed by atoms with E-state index in [1.165, 1.54) is 12.0 Å². The molecule has 1 amide bonds. The standard InChI is InChI=1S/C15H22N2O4/c1-4-6-17(10-14(18)20-3)15(19)11-7-12(16)9-13(8-11)21-5-2/h7-9H,4-6,10,16H2,1-3H3. The van der Waals surface area contributed by atoms with Gasteiger partial charge in [-0.3, -0.25) is 9.59 Å². The molecule has 6 heteroatoms. The lowest BCUT2D eigenvalue weighted by atomic mass is 10.1. The topological polar surface area (TPSA) is 81.9 Å². The number of methoxy groups -OCH3 is 1. The van der Waals surface area contributed by atoms with Crippen LogP contribution in [0.3, 0.4) is 0 Å². The van der Waals surface area contributed by atoms with Crippen molar-refractivity contribution in [3.63, 3.8) is 0 Å². The number of amides is 1. The Bertz CT molecular complexity index is 502. The highest BCUT2D eigenvalue weighted by Gasteiger charge is 2.19. The smallest absolute Gasteiger partial charge is 0.325 e. The molecule has 0 atom stereocenters. The predicted molar refractivity (Wildman–Crippen MR) is 80.2 cm³/mol.